The normalized spacial score (nSPS) is 13.0. The van der Waals surface area contributed by atoms with Gasteiger partial charge < -0.3 is 0 Å². The Hall–Kier alpha value is -0.490. The summed E-state index contributed by atoms with van der Waals surface area (Å²) in [7, 11) is 0. The minimum Gasteiger partial charge on any atom is -0.0956 e. The van der Waals surface area contributed by atoms with Crippen molar-refractivity contribution in [3.8, 4) is 0 Å². The Morgan fingerprint density at radius 2 is 1.91 bits per heavy atom. The maximum atomic E-state index is 5.75. The summed E-state index contributed by atoms with van der Waals surface area (Å²) in [6, 6.07) is 0. The molecule has 0 bridgehead atoms. The molecule has 0 saturated heterocycles. The number of allylic oxidation sites excluding steroid dienone is 5. The average molecular weight is 171 g/mol. The summed E-state index contributed by atoms with van der Waals surface area (Å²) < 4.78 is 0. The van der Waals surface area contributed by atoms with E-state index in [9.17, 15) is 0 Å². The van der Waals surface area contributed by atoms with Crippen molar-refractivity contribution in [2.75, 3.05) is 0 Å². The molecule has 0 aromatic rings. The molecule has 0 fully saturated rings. The summed E-state index contributed by atoms with van der Waals surface area (Å²) in [6.07, 6.45) is 5.67. The number of halogens is 1. The summed E-state index contributed by atoms with van der Waals surface area (Å²) in [5, 5.41) is 0.756. The van der Waals surface area contributed by atoms with Crippen LogP contribution < -0.4 is 0 Å². The zero-order valence-corrected chi connectivity index (χ0v) is 8.15. The van der Waals surface area contributed by atoms with Gasteiger partial charge >= 0.3 is 0 Å². The average Bonchev–Trinajstić information content (AvgIpc) is 1.99. The number of rotatable bonds is 3. The van der Waals surface area contributed by atoms with Gasteiger partial charge in [-0.1, -0.05) is 49.8 Å². The lowest BCUT2D eigenvalue weighted by Gasteiger charge is -2.01. The van der Waals surface area contributed by atoms with E-state index in [1.807, 2.05) is 25.2 Å². The second-order valence-electron chi connectivity index (χ2n) is 2.74. The van der Waals surface area contributed by atoms with Crippen LogP contribution in [0.5, 0.6) is 0 Å². The molecule has 0 amide bonds. The van der Waals surface area contributed by atoms with E-state index in [4.69, 9.17) is 11.6 Å². The van der Waals surface area contributed by atoms with Gasteiger partial charge in [-0.15, -0.1) is 0 Å². The fourth-order valence-electron chi connectivity index (χ4n) is 0.475. The van der Waals surface area contributed by atoms with E-state index in [2.05, 4.69) is 20.4 Å². The quantitative estimate of drug-likeness (QED) is 0.564. The molecule has 0 aromatic heterocycles. The summed E-state index contributed by atoms with van der Waals surface area (Å²) in [5.74, 6) is 0.493. The van der Waals surface area contributed by atoms with Crippen molar-refractivity contribution in [1.29, 1.82) is 0 Å². The smallest absolute Gasteiger partial charge is 0.0363 e. The minimum absolute atomic E-state index is 0.493. The third-order valence-corrected chi connectivity index (χ3v) is 1.82. The van der Waals surface area contributed by atoms with Crippen molar-refractivity contribution in [2.45, 2.75) is 20.8 Å². The SMILES string of the molecule is C=C(C=CC(Cl)=CC)C(C)C. The molecule has 0 aliphatic rings. The van der Waals surface area contributed by atoms with Crippen LogP contribution in [0.2, 0.25) is 0 Å². The molecule has 0 radical (unpaired) electrons. The molecule has 1 heteroatoms. The van der Waals surface area contributed by atoms with Crippen LogP contribution in [0.4, 0.5) is 0 Å². The zero-order valence-electron chi connectivity index (χ0n) is 7.39. The van der Waals surface area contributed by atoms with Gasteiger partial charge in [0.15, 0.2) is 0 Å². The van der Waals surface area contributed by atoms with Gasteiger partial charge in [-0.3, -0.25) is 0 Å². The van der Waals surface area contributed by atoms with Gasteiger partial charge in [-0.25, -0.2) is 0 Å². The van der Waals surface area contributed by atoms with Crippen LogP contribution in [-0.2, 0) is 0 Å². The number of hydrogen-bond acceptors (Lipinski definition) is 0. The summed E-state index contributed by atoms with van der Waals surface area (Å²) in [5.41, 5.74) is 1.10. The lowest BCUT2D eigenvalue weighted by atomic mass is 10.1. The molecule has 0 unspecified atom stereocenters. The molecule has 0 heterocycles. The fraction of sp³-hybridized carbons (Fsp3) is 0.400. The predicted molar refractivity (Wildman–Crippen MR) is 52.7 cm³/mol. The molecule has 11 heavy (non-hydrogen) atoms. The second-order valence-corrected chi connectivity index (χ2v) is 3.17. The molecule has 0 aliphatic heterocycles. The van der Waals surface area contributed by atoms with Gasteiger partial charge in [0.2, 0.25) is 0 Å². The van der Waals surface area contributed by atoms with Crippen molar-refractivity contribution < 1.29 is 0 Å². The van der Waals surface area contributed by atoms with Crippen LogP contribution in [0, 0.1) is 5.92 Å². The van der Waals surface area contributed by atoms with Crippen LogP contribution in [0.1, 0.15) is 20.8 Å². The van der Waals surface area contributed by atoms with Crippen LogP contribution in [0.15, 0.2) is 35.4 Å². The standard InChI is InChI=1S/C10H15Cl/c1-5-10(11)7-6-9(4)8(2)3/h5-8H,4H2,1-3H3. The van der Waals surface area contributed by atoms with E-state index in [0.29, 0.717) is 5.92 Å². The topological polar surface area (TPSA) is 0 Å². The van der Waals surface area contributed by atoms with E-state index in [1.165, 1.54) is 0 Å². The van der Waals surface area contributed by atoms with E-state index in [1.54, 1.807) is 0 Å². The Kier molecular flexibility index (Phi) is 4.97. The monoisotopic (exact) mass is 170 g/mol. The molecule has 62 valence electrons. The molecule has 0 aromatic carbocycles. The zero-order chi connectivity index (χ0) is 8.85. The third-order valence-electron chi connectivity index (χ3n) is 1.47. The van der Waals surface area contributed by atoms with Gasteiger partial charge in [0.05, 0.1) is 0 Å². The van der Waals surface area contributed by atoms with E-state index in [0.717, 1.165) is 10.6 Å². The van der Waals surface area contributed by atoms with Crippen LogP contribution >= 0.6 is 11.6 Å². The molecule has 0 N–H and O–H groups in total. The van der Waals surface area contributed by atoms with Gasteiger partial charge in [0.25, 0.3) is 0 Å². The van der Waals surface area contributed by atoms with E-state index >= 15 is 0 Å². The first-order valence-electron chi connectivity index (χ1n) is 3.76. The minimum atomic E-state index is 0.493. The molecule has 0 aliphatic carbocycles. The molecule has 0 spiro atoms. The highest BCUT2D eigenvalue weighted by atomic mass is 35.5. The van der Waals surface area contributed by atoms with Gasteiger partial charge in [-0.05, 0) is 18.9 Å². The third kappa shape index (κ3) is 4.86. The van der Waals surface area contributed by atoms with Gasteiger partial charge in [0.1, 0.15) is 0 Å². The molecular weight excluding hydrogens is 156 g/mol. The molecule has 0 nitrogen and oxygen atoms in total. The molecule has 0 rings (SSSR count). The fourth-order valence-corrected chi connectivity index (χ4v) is 0.538. The Morgan fingerprint density at radius 1 is 1.36 bits per heavy atom. The Labute approximate surface area is 74.3 Å². The summed E-state index contributed by atoms with van der Waals surface area (Å²) in [6.45, 7) is 10.0. The van der Waals surface area contributed by atoms with Crippen molar-refractivity contribution in [1.82, 2.24) is 0 Å². The summed E-state index contributed by atoms with van der Waals surface area (Å²) >= 11 is 5.75. The van der Waals surface area contributed by atoms with Crippen LogP contribution in [-0.4, -0.2) is 0 Å². The lowest BCUT2D eigenvalue weighted by Crippen LogP contribution is -1.86. The maximum absolute atomic E-state index is 5.75. The molecular formula is C10H15Cl. The van der Waals surface area contributed by atoms with Crippen molar-refractivity contribution in [3.05, 3.63) is 35.4 Å². The van der Waals surface area contributed by atoms with Crippen LogP contribution in [0.25, 0.3) is 0 Å². The number of hydrogen-bond donors (Lipinski definition) is 0. The Bertz CT molecular complexity index is 185. The lowest BCUT2D eigenvalue weighted by molar-refractivity contribution is 0.795. The molecule has 0 saturated carbocycles. The van der Waals surface area contributed by atoms with Crippen LogP contribution in [0.3, 0.4) is 0 Å². The van der Waals surface area contributed by atoms with Crippen molar-refractivity contribution in [3.63, 3.8) is 0 Å². The van der Waals surface area contributed by atoms with Gasteiger partial charge in [0, 0.05) is 5.03 Å². The first-order valence-corrected chi connectivity index (χ1v) is 4.14. The predicted octanol–water partition coefficient (Wildman–Crippen LogP) is 3.90. The highest BCUT2D eigenvalue weighted by Crippen LogP contribution is 2.10. The maximum Gasteiger partial charge on any atom is 0.0363 e. The molecule has 0 atom stereocenters. The largest absolute Gasteiger partial charge is 0.0956 e. The Balaban J connectivity index is 4.04. The second kappa shape index (κ2) is 5.20. The first kappa shape index (κ1) is 10.5. The van der Waals surface area contributed by atoms with Gasteiger partial charge in [-0.2, -0.15) is 0 Å². The van der Waals surface area contributed by atoms with E-state index in [-0.39, 0.29) is 0 Å². The highest BCUT2D eigenvalue weighted by molar-refractivity contribution is 6.31. The highest BCUT2D eigenvalue weighted by Gasteiger charge is 1.93. The van der Waals surface area contributed by atoms with E-state index < -0.39 is 0 Å². The Morgan fingerprint density at radius 3 is 2.27 bits per heavy atom. The van der Waals surface area contributed by atoms with Crippen molar-refractivity contribution >= 4 is 11.6 Å². The summed E-state index contributed by atoms with van der Waals surface area (Å²) in [4.78, 5) is 0. The van der Waals surface area contributed by atoms with Crippen molar-refractivity contribution in [2.24, 2.45) is 5.92 Å². The first-order chi connectivity index (χ1) is 5.07.